The number of benzene rings is 2. The lowest BCUT2D eigenvalue weighted by Gasteiger charge is -2.33. The van der Waals surface area contributed by atoms with Gasteiger partial charge in [-0.3, -0.25) is 0 Å². The van der Waals surface area contributed by atoms with Crippen LogP contribution < -0.4 is 9.47 Å². The van der Waals surface area contributed by atoms with Crippen LogP contribution in [0.5, 0.6) is 11.5 Å². The summed E-state index contributed by atoms with van der Waals surface area (Å²) in [6.07, 6.45) is 0. The zero-order chi connectivity index (χ0) is 21.1. The van der Waals surface area contributed by atoms with Crippen LogP contribution >= 0.6 is 0 Å². The molecule has 0 unspecified atom stereocenters. The van der Waals surface area contributed by atoms with E-state index in [-0.39, 0.29) is 41.7 Å². The monoisotopic (exact) mass is 440 g/mol. The van der Waals surface area contributed by atoms with Gasteiger partial charge in [-0.25, -0.2) is 16.8 Å². The summed E-state index contributed by atoms with van der Waals surface area (Å²) in [5.74, 6) is 0.858. The Balaban J connectivity index is 1.74. The summed E-state index contributed by atoms with van der Waals surface area (Å²) >= 11 is 0. The first-order valence-electron chi connectivity index (χ1n) is 9.17. The number of ether oxygens (including phenoxy) is 2. The SMILES string of the molecule is CCOc1ccc(S(=O)(=O)N2CCN(S(=O)(=O)c3ccccc3OC)CC2)cc1. The molecule has 1 heterocycles. The van der Waals surface area contributed by atoms with E-state index < -0.39 is 20.0 Å². The zero-order valence-corrected chi connectivity index (χ0v) is 17.9. The first-order chi connectivity index (χ1) is 13.8. The summed E-state index contributed by atoms with van der Waals surface area (Å²) in [5.41, 5.74) is 0. The molecule has 0 aliphatic carbocycles. The number of nitrogens with zero attached hydrogens (tertiary/aromatic N) is 2. The predicted octanol–water partition coefficient (Wildman–Crippen LogP) is 1.79. The van der Waals surface area contributed by atoms with Crippen molar-refractivity contribution in [2.75, 3.05) is 39.9 Å². The third-order valence-corrected chi connectivity index (χ3v) is 8.51. The zero-order valence-electron chi connectivity index (χ0n) is 16.3. The Morgan fingerprint density at radius 2 is 1.38 bits per heavy atom. The molecule has 1 aliphatic heterocycles. The Morgan fingerprint density at radius 3 is 1.93 bits per heavy atom. The Bertz CT molecular complexity index is 1040. The molecule has 0 spiro atoms. The number of hydrogen-bond acceptors (Lipinski definition) is 6. The van der Waals surface area contributed by atoms with Gasteiger partial charge in [-0.1, -0.05) is 12.1 Å². The van der Waals surface area contributed by atoms with E-state index in [1.807, 2.05) is 6.92 Å². The molecule has 1 fully saturated rings. The summed E-state index contributed by atoms with van der Waals surface area (Å²) in [6, 6.07) is 12.6. The van der Waals surface area contributed by atoms with Crippen molar-refractivity contribution in [3.05, 3.63) is 48.5 Å². The molecule has 29 heavy (non-hydrogen) atoms. The quantitative estimate of drug-likeness (QED) is 0.652. The second-order valence-electron chi connectivity index (χ2n) is 6.36. The van der Waals surface area contributed by atoms with E-state index in [0.717, 1.165) is 0 Å². The molecule has 0 bridgehead atoms. The van der Waals surface area contributed by atoms with E-state index in [9.17, 15) is 16.8 Å². The molecule has 2 aromatic rings. The second kappa shape index (κ2) is 8.70. The van der Waals surface area contributed by atoms with Crippen LogP contribution in [0.3, 0.4) is 0 Å². The largest absolute Gasteiger partial charge is 0.495 e. The molecule has 1 saturated heterocycles. The molecule has 0 saturated carbocycles. The molecule has 2 aromatic carbocycles. The maximum absolute atomic E-state index is 13.0. The number of piperazine rings is 1. The third kappa shape index (κ3) is 4.40. The van der Waals surface area contributed by atoms with Crippen LogP contribution in [0.25, 0.3) is 0 Å². The van der Waals surface area contributed by atoms with Gasteiger partial charge in [-0.2, -0.15) is 8.61 Å². The molecule has 3 rings (SSSR count). The van der Waals surface area contributed by atoms with Gasteiger partial charge in [0.15, 0.2) is 0 Å². The Kier molecular flexibility index (Phi) is 6.47. The van der Waals surface area contributed by atoms with Gasteiger partial charge in [-0.05, 0) is 43.3 Å². The molecule has 158 valence electrons. The van der Waals surface area contributed by atoms with Gasteiger partial charge < -0.3 is 9.47 Å². The minimum absolute atomic E-state index is 0.0661. The average Bonchev–Trinajstić information content (AvgIpc) is 2.74. The van der Waals surface area contributed by atoms with Crippen LogP contribution in [0.2, 0.25) is 0 Å². The van der Waals surface area contributed by atoms with E-state index in [4.69, 9.17) is 9.47 Å². The van der Waals surface area contributed by atoms with Crippen LogP contribution in [0, 0.1) is 0 Å². The predicted molar refractivity (Wildman–Crippen MR) is 108 cm³/mol. The van der Waals surface area contributed by atoms with Crippen molar-refractivity contribution in [3.8, 4) is 11.5 Å². The number of hydrogen-bond donors (Lipinski definition) is 0. The molecule has 10 heteroatoms. The van der Waals surface area contributed by atoms with Crippen molar-refractivity contribution >= 4 is 20.0 Å². The lowest BCUT2D eigenvalue weighted by molar-refractivity contribution is 0.272. The number of methoxy groups -OCH3 is 1. The lowest BCUT2D eigenvalue weighted by Crippen LogP contribution is -2.50. The van der Waals surface area contributed by atoms with E-state index in [1.165, 1.54) is 33.9 Å². The maximum atomic E-state index is 13.0. The van der Waals surface area contributed by atoms with Crippen LogP contribution in [0.4, 0.5) is 0 Å². The van der Waals surface area contributed by atoms with Gasteiger partial charge in [0.2, 0.25) is 20.0 Å². The lowest BCUT2D eigenvalue weighted by atomic mass is 10.3. The van der Waals surface area contributed by atoms with Crippen LogP contribution in [-0.4, -0.2) is 65.3 Å². The van der Waals surface area contributed by atoms with Crippen molar-refractivity contribution in [2.24, 2.45) is 0 Å². The fraction of sp³-hybridized carbons (Fsp3) is 0.368. The second-order valence-corrected chi connectivity index (χ2v) is 10.2. The van der Waals surface area contributed by atoms with Crippen molar-refractivity contribution < 1.29 is 26.3 Å². The molecule has 0 N–H and O–H groups in total. The summed E-state index contributed by atoms with van der Waals surface area (Å²) in [4.78, 5) is 0.229. The smallest absolute Gasteiger partial charge is 0.246 e. The molecule has 1 aliphatic rings. The number of sulfonamides is 2. The van der Waals surface area contributed by atoms with Gasteiger partial charge in [0.25, 0.3) is 0 Å². The standard InChI is InChI=1S/C19H24N2O6S2/c1-3-27-16-8-10-17(11-9-16)28(22,23)20-12-14-21(15-13-20)29(24,25)19-7-5-4-6-18(19)26-2/h4-11H,3,12-15H2,1-2H3. The molecule has 0 aromatic heterocycles. The van der Waals surface area contributed by atoms with Gasteiger partial charge in [-0.15, -0.1) is 0 Å². The highest BCUT2D eigenvalue weighted by molar-refractivity contribution is 7.89. The van der Waals surface area contributed by atoms with Gasteiger partial charge in [0.05, 0.1) is 18.6 Å². The molecular weight excluding hydrogens is 416 g/mol. The summed E-state index contributed by atoms with van der Waals surface area (Å²) < 4.78 is 64.8. The summed E-state index contributed by atoms with van der Waals surface area (Å²) in [5, 5.41) is 0. The summed E-state index contributed by atoms with van der Waals surface area (Å²) in [7, 11) is -6.08. The first-order valence-corrected chi connectivity index (χ1v) is 12.0. The number of rotatable bonds is 7. The van der Waals surface area contributed by atoms with Crippen LogP contribution in [-0.2, 0) is 20.0 Å². The highest BCUT2D eigenvalue weighted by Gasteiger charge is 2.34. The van der Waals surface area contributed by atoms with Crippen molar-refractivity contribution in [1.82, 2.24) is 8.61 Å². The van der Waals surface area contributed by atoms with Crippen LogP contribution in [0.1, 0.15) is 6.92 Å². The first kappa shape index (κ1) is 21.6. The maximum Gasteiger partial charge on any atom is 0.246 e. The molecule has 0 atom stereocenters. The Hall–Kier alpha value is -2.14. The van der Waals surface area contributed by atoms with Crippen LogP contribution in [0.15, 0.2) is 58.3 Å². The normalized spacial score (nSPS) is 16.5. The van der Waals surface area contributed by atoms with Crippen molar-refractivity contribution in [3.63, 3.8) is 0 Å². The topological polar surface area (TPSA) is 93.2 Å². The van der Waals surface area contributed by atoms with E-state index in [2.05, 4.69) is 0 Å². The Morgan fingerprint density at radius 1 is 0.828 bits per heavy atom. The summed E-state index contributed by atoms with van der Waals surface area (Å²) in [6.45, 7) is 2.62. The average molecular weight is 441 g/mol. The fourth-order valence-electron chi connectivity index (χ4n) is 3.15. The van der Waals surface area contributed by atoms with Gasteiger partial charge in [0, 0.05) is 26.2 Å². The molecule has 0 amide bonds. The third-order valence-electron chi connectivity index (χ3n) is 4.66. The van der Waals surface area contributed by atoms with Crippen molar-refractivity contribution in [2.45, 2.75) is 16.7 Å². The number of para-hydroxylation sites is 1. The molecule has 0 radical (unpaired) electrons. The van der Waals surface area contributed by atoms with Gasteiger partial charge in [0.1, 0.15) is 16.4 Å². The molecular formula is C19H24N2O6S2. The highest BCUT2D eigenvalue weighted by Crippen LogP contribution is 2.28. The van der Waals surface area contributed by atoms with Gasteiger partial charge >= 0.3 is 0 Å². The Labute approximate surface area is 171 Å². The highest BCUT2D eigenvalue weighted by atomic mass is 32.2. The van der Waals surface area contributed by atoms with E-state index in [1.54, 1.807) is 30.3 Å². The minimum Gasteiger partial charge on any atom is -0.495 e. The van der Waals surface area contributed by atoms with Crippen molar-refractivity contribution in [1.29, 1.82) is 0 Å². The van der Waals surface area contributed by atoms with E-state index in [0.29, 0.717) is 12.4 Å². The molecule has 8 nitrogen and oxygen atoms in total. The fourth-order valence-corrected chi connectivity index (χ4v) is 6.15. The van der Waals surface area contributed by atoms with E-state index >= 15 is 0 Å². The minimum atomic E-state index is -3.78.